The Hall–Kier alpha value is -2.50. The van der Waals surface area contributed by atoms with Gasteiger partial charge in [0.25, 0.3) is 0 Å². The van der Waals surface area contributed by atoms with Gasteiger partial charge in [-0.1, -0.05) is 55.0 Å². The van der Waals surface area contributed by atoms with Crippen molar-refractivity contribution in [2.75, 3.05) is 0 Å². The van der Waals surface area contributed by atoms with Crippen molar-refractivity contribution in [2.24, 2.45) is 0 Å². The second-order valence-corrected chi connectivity index (χ2v) is 6.14. The van der Waals surface area contributed by atoms with Crippen molar-refractivity contribution >= 4 is 5.91 Å². The van der Waals surface area contributed by atoms with Gasteiger partial charge in [0, 0.05) is 12.1 Å². The summed E-state index contributed by atoms with van der Waals surface area (Å²) in [5, 5.41) is 2.78. The summed E-state index contributed by atoms with van der Waals surface area (Å²) in [5.74, 6) is -0.454. The van der Waals surface area contributed by atoms with Gasteiger partial charge in [-0.05, 0) is 24.5 Å². The highest BCUT2D eigenvalue weighted by atomic mass is 19.4. The van der Waals surface area contributed by atoms with E-state index < -0.39 is 11.8 Å². The zero-order valence-electron chi connectivity index (χ0n) is 13.5. The van der Waals surface area contributed by atoms with E-state index in [1.807, 2.05) is 30.3 Å². The number of nitrogens with one attached hydrogen (secondary N) is 1. The first-order chi connectivity index (χ1) is 11.9. The van der Waals surface area contributed by atoms with Crippen molar-refractivity contribution in [2.45, 2.75) is 37.6 Å². The Morgan fingerprint density at radius 2 is 1.68 bits per heavy atom. The number of hydrogen-bond donors (Lipinski definition) is 1. The maximum Gasteiger partial charge on any atom is 0.573 e. The summed E-state index contributed by atoms with van der Waals surface area (Å²) in [4.78, 5) is 12.7. The van der Waals surface area contributed by atoms with Crippen LogP contribution in [0.15, 0.2) is 54.6 Å². The number of ether oxygens (including phenoxy) is 1. The molecule has 3 rings (SSSR count). The van der Waals surface area contributed by atoms with Crippen LogP contribution in [0, 0.1) is 0 Å². The zero-order chi connectivity index (χ0) is 17.9. The Morgan fingerprint density at radius 1 is 1.04 bits per heavy atom. The monoisotopic (exact) mass is 349 g/mol. The number of benzene rings is 2. The molecule has 0 bridgehead atoms. The highest BCUT2D eigenvalue weighted by Crippen LogP contribution is 2.44. The molecule has 0 heterocycles. The molecule has 25 heavy (non-hydrogen) atoms. The van der Waals surface area contributed by atoms with Gasteiger partial charge in [-0.15, -0.1) is 13.2 Å². The number of rotatable bonds is 5. The first-order valence-electron chi connectivity index (χ1n) is 8.08. The molecule has 132 valence electrons. The first kappa shape index (κ1) is 17.3. The van der Waals surface area contributed by atoms with E-state index in [0.29, 0.717) is 0 Å². The maximum atomic E-state index is 12.7. The van der Waals surface area contributed by atoms with Gasteiger partial charge >= 0.3 is 6.36 Å². The van der Waals surface area contributed by atoms with Crippen molar-refractivity contribution in [3.8, 4) is 5.75 Å². The van der Waals surface area contributed by atoms with Crippen LogP contribution in [0.3, 0.4) is 0 Å². The molecular formula is C19H18F3NO2. The topological polar surface area (TPSA) is 38.3 Å². The smallest absolute Gasteiger partial charge is 0.405 e. The number of hydrogen-bond acceptors (Lipinski definition) is 2. The molecule has 0 aliphatic heterocycles. The SMILES string of the molecule is O=C(NCc1ccccc1OC(F)(F)F)C1(c2ccccc2)CCC1. The standard InChI is InChI=1S/C19H18F3NO2/c20-19(21,22)25-16-10-5-4-7-14(16)13-23-17(24)18(11-6-12-18)15-8-2-1-3-9-15/h1-5,7-10H,6,11-13H2,(H,23,24). The number of carbonyl (C=O) groups excluding carboxylic acids is 1. The fourth-order valence-electron chi connectivity index (χ4n) is 3.15. The minimum Gasteiger partial charge on any atom is -0.405 e. The van der Waals surface area contributed by atoms with Crippen molar-refractivity contribution < 1.29 is 22.7 Å². The summed E-state index contributed by atoms with van der Waals surface area (Å²) < 4.78 is 41.5. The molecule has 1 amide bonds. The molecule has 3 nitrogen and oxygen atoms in total. The van der Waals surface area contributed by atoms with Crippen LogP contribution < -0.4 is 10.1 Å². The third kappa shape index (κ3) is 3.78. The van der Waals surface area contributed by atoms with E-state index in [9.17, 15) is 18.0 Å². The quantitative estimate of drug-likeness (QED) is 0.873. The van der Waals surface area contributed by atoms with E-state index in [1.54, 1.807) is 6.07 Å². The normalized spacial score (nSPS) is 16.0. The average Bonchev–Trinajstić information content (AvgIpc) is 2.52. The lowest BCUT2D eigenvalue weighted by atomic mass is 9.64. The van der Waals surface area contributed by atoms with Gasteiger partial charge in [-0.2, -0.15) is 0 Å². The lowest BCUT2D eigenvalue weighted by Crippen LogP contribution is -2.49. The molecule has 1 aliphatic carbocycles. The summed E-state index contributed by atoms with van der Waals surface area (Å²) in [6.45, 7) is -0.0142. The van der Waals surface area contributed by atoms with E-state index in [2.05, 4.69) is 10.1 Å². The minimum atomic E-state index is -4.76. The number of alkyl halides is 3. The fourth-order valence-corrected chi connectivity index (χ4v) is 3.15. The third-order valence-corrected chi connectivity index (χ3v) is 4.61. The second kappa shape index (κ2) is 6.78. The van der Waals surface area contributed by atoms with Crippen molar-refractivity contribution in [1.82, 2.24) is 5.32 Å². The Kier molecular flexibility index (Phi) is 4.70. The predicted molar refractivity (Wildman–Crippen MR) is 86.9 cm³/mol. The van der Waals surface area contributed by atoms with E-state index in [4.69, 9.17) is 0 Å². The molecule has 2 aromatic carbocycles. The molecule has 1 N–H and O–H groups in total. The molecule has 0 aromatic heterocycles. The summed E-state index contributed by atoms with van der Waals surface area (Å²) in [5.41, 5.74) is 0.649. The fraction of sp³-hybridized carbons (Fsp3) is 0.316. The molecule has 0 unspecified atom stereocenters. The highest BCUT2D eigenvalue weighted by molar-refractivity contribution is 5.89. The van der Waals surface area contributed by atoms with Gasteiger partial charge < -0.3 is 10.1 Å². The lowest BCUT2D eigenvalue weighted by Gasteiger charge is -2.40. The predicted octanol–water partition coefficient (Wildman–Crippen LogP) is 4.32. The molecule has 1 fully saturated rings. The summed E-state index contributed by atoms with van der Waals surface area (Å²) in [7, 11) is 0. The van der Waals surface area contributed by atoms with Crippen molar-refractivity contribution in [1.29, 1.82) is 0 Å². The van der Waals surface area contributed by atoms with Gasteiger partial charge in [0.2, 0.25) is 5.91 Å². The number of para-hydroxylation sites is 1. The second-order valence-electron chi connectivity index (χ2n) is 6.14. The molecule has 0 spiro atoms. The lowest BCUT2D eigenvalue weighted by molar-refractivity contribution is -0.274. The summed E-state index contributed by atoms with van der Waals surface area (Å²) in [6.07, 6.45) is -2.33. The van der Waals surface area contributed by atoms with Crippen LogP contribution >= 0.6 is 0 Å². The van der Waals surface area contributed by atoms with Crippen LogP contribution in [0.2, 0.25) is 0 Å². The average molecular weight is 349 g/mol. The summed E-state index contributed by atoms with van der Waals surface area (Å²) >= 11 is 0. The van der Waals surface area contributed by atoms with Crippen LogP contribution in [-0.4, -0.2) is 12.3 Å². The van der Waals surface area contributed by atoms with Gasteiger partial charge in [0.05, 0.1) is 5.41 Å². The van der Waals surface area contributed by atoms with E-state index >= 15 is 0 Å². The molecular weight excluding hydrogens is 331 g/mol. The van der Waals surface area contributed by atoms with Crippen LogP contribution in [-0.2, 0) is 16.8 Å². The highest BCUT2D eigenvalue weighted by Gasteiger charge is 2.45. The molecule has 2 aromatic rings. The third-order valence-electron chi connectivity index (χ3n) is 4.61. The number of halogens is 3. The van der Waals surface area contributed by atoms with E-state index in [1.165, 1.54) is 18.2 Å². The molecule has 0 atom stereocenters. The molecule has 1 aliphatic rings. The first-order valence-corrected chi connectivity index (χ1v) is 8.08. The molecule has 6 heteroatoms. The van der Waals surface area contributed by atoms with Crippen LogP contribution in [0.25, 0.3) is 0 Å². The molecule has 1 saturated carbocycles. The van der Waals surface area contributed by atoms with E-state index in [-0.39, 0.29) is 23.8 Å². The molecule has 0 saturated heterocycles. The van der Waals surface area contributed by atoms with Gasteiger partial charge in [-0.25, -0.2) is 0 Å². The summed E-state index contributed by atoms with van der Waals surface area (Å²) in [6, 6.07) is 15.3. The Bertz CT molecular complexity index is 740. The van der Waals surface area contributed by atoms with Crippen molar-refractivity contribution in [3.63, 3.8) is 0 Å². The minimum absolute atomic E-state index is 0.0142. The van der Waals surface area contributed by atoms with Crippen LogP contribution in [0.4, 0.5) is 13.2 Å². The maximum absolute atomic E-state index is 12.7. The van der Waals surface area contributed by atoms with Gasteiger partial charge in [0.1, 0.15) is 5.75 Å². The van der Waals surface area contributed by atoms with E-state index in [0.717, 1.165) is 24.8 Å². The number of amides is 1. The van der Waals surface area contributed by atoms with Crippen LogP contribution in [0.1, 0.15) is 30.4 Å². The Balaban J connectivity index is 1.73. The number of carbonyl (C=O) groups is 1. The van der Waals surface area contributed by atoms with Crippen molar-refractivity contribution in [3.05, 3.63) is 65.7 Å². The zero-order valence-corrected chi connectivity index (χ0v) is 13.5. The van der Waals surface area contributed by atoms with Gasteiger partial charge in [0.15, 0.2) is 0 Å². The van der Waals surface area contributed by atoms with Crippen LogP contribution in [0.5, 0.6) is 5.75 Å². The Morgan fingerprint density at radius 3 is 2.28 bits per heavy atom. The largest absolute Gasteiger partial charge is 0.573 e. The Labute approximate surface area is 143 Å². The van der Waals surface area contributed by atoms with Gasteiger partial charge in [-0.3, -0.25) is 4.79 Å². The molecule has 0 radical (unpaired) electrons.